The van der Waals surface area contributed by atoms with Gasteiger partial charge in [-0.1, -0.05) is 12.8 Å². The van der Waals surface area contributed by atoms with Crippen LogP contribution >= 0.6 is 0 Å². The summed E-state index contributed by atoms with van der Waals surface area (Å²) in [6.45, 7) is 1.87. The molecule has 0 aromatic heterocycles. The summed E-state index contributed by atoms with van der Waals surface area (Å²) in [6.07, 6.45) is 7.23. The smallest absolute Gasteiger partial charge is 0.269 e. The molecule has 5 nitrogen and oxygen atoms in total. The Hall–Kier alpha value is -1.91. The molecule has 0 atom stereocenters. The summed E-state index contributed by atoms with van der Waals surface area (Å²) in [5.41, 5.74) is 2.08. The molecule has 5 heteroatoms. The van der Waals surface area contributed by atoms with Gasteiger partial charge in [-0.05, 0) is 37.8 Å². The van der Waals surface area contributed by atoms with Gasteiger partial charge in [-0.25, -0.2) is 4.99 Å². The number of aliphatic imine (C=N–C) groups is 1. The molecule has 1 spiro atoms. The summed E-state index contributed by atoms with van der Waals surface area (Å²) in [7, 11) is 0. The molecule has 1 saturated heterocycles. The van der Waals surface area contributed by atoms with Crippen molar-refractivity contribution in [3.05, 3.63) is 33.9 Å². The largest absolute Gasteiger partial charge is 0.368 e. The monoisotopic (exact) mass is 273 g/mol. The fourth-order valence-corrected chi connectivity index (χ4v) is 3.32. The number of rotatable bonds is 2. The van der Waals surface area contributed by atoms with E-state index in [1.54, 1.807) is 12.1 Å². The van der Waals surface area contributed by atoms with Crippen molar-refractivity contribution in [2.75, 3.05) is 0 Å². The Bertz CT molecular complexity index is 574. The lowest BCUT2D eigenvalue weighted by atomic mass is 9.96. The maximum Gasteiger partial charge on any atom is 0.269 e. The van der Waals surface area contributed by atoms with Crippen LogP contribution in [0.5, 0.6) is 0 Å². The summed E-state index contributed by atoms with van der Waals surface area (Å²) in [4.78, 5) is 15.0. The molecule has 1 aliphatic carbocycles. The van der Waals surface area contributed by atoms with Crippen molar-refractivity contribution in [3.63, 3.8) is 0 Å². The van der Waals surface area contributed by atoms with Crippen LogP contribution in [-0.2, 0) is 0 Å². The van der Waals surface area contributed by atoms with Crippen LogP contribution in [0.15, 0.2) is 23.2 Å². The third-order valence-corrected chi connectivity index (χ3v) is 4.46. The van der Waals surface area contributed by atoms with Gasteiger partial charge in [0, 0.05) is 24.1 Å². The van der Waals surface area contributed by atoms with Crippen LogP contribution in [0.4, 0.5) is 11.4 Å². The van der Waals surface area contributed by atoms with E-state index in [1.807, 2.05) is 6.92 Å². The first-order valence-electron chi connectivity index (χ1n) is 7.19. The van der Waals surface area contributed by atoms with Crippen molar-refractivity contribution in [1.82, 2.24) is 5.32 Å². The third-order valence-electron chi connectivity index (χ3n) is 4.46. The quantitative estimate of drug-likeness (QED) is 0.661. The average Bonchev–Trinajstić information content (AvgIpc) is 3.03. The molecular formula is C15H19N3O2. The third kappa shape index (κ3) is 2.40. The van der Waals surface area contributed by atoms with Gasteiger partial charge in [-0.15, -0.1) is 0 Å². The Kier molecular flexibility index (Phi) is 3.20. The number of nitro benzene ring substituents is 1. The predicted molar refractivity (Wildman–Crippen MR) is 78.5 cm³/mol. The second-order valence-electron chi connectivity index (χ2n) is 5.90. The van der Waals surface area contributed by atoms with Gasteiger partial charge in [-0.2, -0.15) is 0 Å². The number of nitro groups is 1. The van der Waals surface area contributed by atoms with Gasteiger partial charge >= 0.3 is 0 Å². The van der Waals surface area contributed by atoms with Crippen LogP contribution in [0.2, 0.25) is 0 Å². The van der Waals surface area contributed by atoms with E-state index in [4.69, 9.17) is 0 Å². The van der Waals surface area contributed by atoms with Crippen LogP contribution in [0.1, 0.15) is 44.1 Å². The van der Waals surface area contributed by atoms with E-state index in [-0.39, 0.29) is 16.1 Å². The highest BCUT2D eigenvalue weighted by molar-refractivity contribution is 5.88. The number of non-ortho nitro benzene ring substituents is 1. The SMILES string of the molecule is Cc1cc([N+](=O)[O-])ccc1/N=C1/CCC2(CCCC2)N1. The zero-order valence-electron chi connectivity index (χ0n) is 11.7. The lowest BCUT2D eigenvalue weighted by Crippen LogP contribution is -2.38. The van der Waals surface area contributed by atoms with Crippen molar-refractivity contribution in [3.8, 4) is 0 Å². The maximum absolute atomic E-state index is 10.7. The summed E-state index contributed by atoms with van der Waals surface area (Å²) in [6, 6.07) is 4.84. The first-order valence-corrected chi connectivity index (χ1v) is 7.19. The minimum atomic E-state index is -0.370. The molecule has 106 valence electrons. The molecule has 1 aromatic carbocycles. The molecule has 3 rings (SSSR count). The lowest BCUT2D eigenvalue weighted by Gasteiger charge is -2.23. The fourth-order valence-electron chi connectivity index (χ4n) is 3.32. The van der Waals surface area contributed by atoms with E-state index in [1.165, 1.54) is 31.7 Å². The van der Waals surface area contributed by atoms with Crippen molar-refractivity contribution in [2.24, 2.45) is 4.99 Å². The Morgan fingerprint density at radius 3 is 2.70 bits per heavy atom. The van der Waals surface area contributed by atoms with Crippen LogP contribution in [0.25, 0.3) is 0 Å². The summed E-state index contributed by atoms with van der Waals surface area (Å²) in [5.74, 6) is 1.03. The highest BCUT2D eigenvalue weighted by Crippen LogP contribution is 2.37. The van der Waals surface area contributed by atoms with Crippen molar-refractivity contribution in [1.29, 1.82) is 0 Å². The van der Waals surface area contributed by atoms with Gasteiger partial charge in [0.25, 0.3) is 5.69 Å². The number of amidine groups is 1. The van der Waals surface area contributed by atoms with Crippen molar-refractivity contribution < 1.29 is 4.92 Å². The Labute approximate surface area is 118 Å². The van der Waals surface area contributed by atoms with Crippen molar-refractivity contribution >= 4 is 17.2 Å². The zero-order valence-corrected chi connectivity index (χ0v) is 11.7. The molecule has 0 amide bonds. The second kappa shape index (κ2) is 4.89. The first-order chi connectivity index (χ1) is 9.58. The minimum Gasteiger partial charge on any atom is -0.368 e. The number of nitrogens with zero attached hydrogens (tertiary/aromatic N) is 2. The van der Waals surface area contributed by atoms with Crippen LogP contribution < -0.4 is 5.32 Å². The molecule has 0 unspecified atom stereocenters. The second-order valence-corrected chi connectivity index (χ2v) is 5.90. The van der Waals surface area contributed by atoms with E-state index in [2.05, 4.69) is 10.3 Å². The normalized spacial score (nSPS) is 22.4. The number of aryl methyl sites for hydroxylation is 1. The van der Waals surface area contributed by atoms with Gasteiger partial charge in [0.15, 0.2) is 0 Å². The van der Waals surface area contributed by atoms with Gasteiger partial charge in [-0.3, -0.25) is 10.1 Å². The number of benzene rings is 1. The van der Waals surface area contributed by atoms with Crippen LogP contribution in [-0.4, -0.2) is 16.3 Å². The molecule has 2 fully saturated rings. The van der Waals surface area contributed by atoms with Gasteiger partial charge in [0.2, 0.25) is 0 Å². The highest BCUT2D eigenvalue weighted by Gasteiger charge is 2.38. The standard InChI is InChI=1S/C15H19N3O2/c1-11-10-12(18(19)20)4-5-13(11)16-14-6-9-15(17-14)7-2-3-8-15/h4-5,10H,2-3,6-9H2,1H3,(H,16,17). The van der Waals surface area contributed by atoms with Gasteiger partial charge in [0.05, 0.1) is 10.6 Å². The molecule has 20 heavy (non-hydrogen) atoms. The predicted octanol–water partition coefficient (Wildman–Crippen LogP) is 3.63. The minimum absolute atomic E-state index is 0.123. The van der Waals surface area contributed by atoms with E-state index in [0.717, 1.165) is 29.9 Å². The van der Waals surface area contributed by atoms with Gasteiger partial charge in [0.1, 0.15) is 5.84 Å². The summed E-state index contributed by atoms with van der Waals surface area (Å²) < 4.78 is 0. The number of hydrogen-bond donors (Lipinski definition) is 1. The molecule has 0 bridgehead atoms. The van der Waals surface area contributed by atoms with E-state index in [9.17, 15) is 10.1 Å². The number of nitrogens with one attached hydrogen (secondary N) is 1. The lowest BCUT2D eigenvalue weighted by molar-refractivity contribution is -0.384. The van der Waals surface area contributed by atoms with Gasteiger partial charge < -0.3 is 5.32 Å². The Morgan fingerprint density at radius 2 is 2.05 bits per heavy atom. The molecular weight excluding hydrogens is 254 g/mol. The molecule has 1 saturated carbocycles. The molecule has 1 heterocycles. The zero-order chi connectivity index (χ0) is 14.2. The summed E-state index contributed by atoms with van der Waals surface area (Å²) >= 11 is 0. The molecule has 1 aliphatic heterocycles. The Morgan fingerprint density at radius 1 is 1.30 bits per heavy atom. The van der Waals surface area contributed by atoms with Crippen molar-refractivity contribution in [2.45, 2.75) is 51.0 Å². The first kappa shape index (κ1) is 13.1. The molecule has 0 radical (unpaired) electrons. The topological polar surface area (TPSA) is 67.5 Å². The van der Waals surface area contributed by atoms with Crippen LogP contribution in [0, 0.1) is 17.0 Å². The molecule has 1 N–H and O–H groups in total. The number of hydrogen-bond acceptors (Lipinski definition) is 3. The van der Waals surface area contributed by atoms with E-state index in [0.29, 0.717) is 0 Å². The fraction of sp³-hybridized carbons (Fsp3) is 0.533. The molecule has 2 aliphatic rings. The molecule has 1 aromatic rings. The van der Waals surface area contributed by atoms with E-state index < -0.39 is 0 Å². The van der Waals surface area contributed by atoms with E-state index >= 15 is 0 Å². The van der Waals surface area contributed by atoms with Crippen LogP contribution in [0.3, 0.4) is 0 Å². The summed E-state index contributed by atoms with van der Waals surface area (Å²) in [5, 5.41) is 14.3. The maximum atomic E-state index is 10.7. The average molecular weight is 273 g/mol. The Balaban J connectivity index is 1.81. The highest BCUT2D eigenvalue weighted by atomic mass is 16.6.